The van der Waals surface area contributed by atoms with Crippen molar-refractivity contribution in [3.63, 3.8) is 0 Å². The van der Waals surface area contributed by atoms with E-state index in [4.69, 9.17) is 10.4 Å². The molecule has 0 fully saturated rings. The van der Waals surface area contributed by atoms with Gasteiger partial charge in [0.25, 0.3) is 0 Å². The third-order valence-electron chi connectivity index (χ3n) is 1.38. The van der Waals surface area contributed by atoms with E-state index in [2.05, 4.69) is 10.1 Å². The van der Waals surface area contributed by atoms with E-state index in [0.29, 0.717) is 12.6 Å². The molecule has 0 saturated heterocycles. The summed E-state index contributed by atoms with van der Waals surface area (Å²) in [5.41, 5.74) is 0. The first-order chi connectivity index (χ1) is 5.70. The molecule has 0 atom stereocenters. The van der Waals surface area contributed by atoms with Gasteiger partial charge in [0.2, 0.25) is 0 Å². The number of rotatable bonds is 4. The van der Waals surface area contributed by atoms with Gasteiger partial charge in [-0.05, 0) is 14.1 Å². The second-order valence-corrected chi connectivity index (χ2v) is 2.72. The third kappa shape index (κ3) is 2.48. The van der Waals surface area contributed by atoms with Gasteiger partial charge in [0.15, 0.2) is 6.33 Å². The van der Waals surface area contributed by atoms with Crippen LogP contribution in [0.25, 0.3) is 0 Å². The maximum atomic E-state index is 5.60. The molecular formula is C6H13N5O. The van der Waals surface area contributed by atoms with E-state index >= 15 is 0 Å². The summed E-state index contributed by atoms with van der Waals surface area (Å²) in [7, 11) is 3.95. The molecule has 12 heavy (non-hydrogen) atoms. The molecule has 2 N–H and O–H groups in total. The normalized spacial score (nSPS) is 10.7. The van der Waals surface area contributed by atoms with E-state index in [1.807, 2.05) is 19.0 Å². The summed E-state index contributed by atoms with van der Waals surface area (Å²) in [5, 5.41) is 4.87. The summed E-state index contributed by atoms with van der Waals surface area (Å²) in [6, 6.07) is 0.344. The topological polar surface area (TPSA) is 71.4 Å². The van der Waals surface area contributed by atoms with Crippen molar-refractivity contribution in [1.82, 2.24) is 15.0 Å². The summed E-state index contributed by atoms with van der Waals surface area (Å²) in [6.45, 7) is 1.51. The molecule has 0 aliphatic rings. The zero-order chi connectivity index (χ0) is 8.97. The molecule has 68 valence electrons. The van der Waals surface area contributed by atoms with Crippen LogP contribution in [-0.2, 0) is 0 Å². The first kappa shape index (κ1) is 8.95. The number of hydrogen-bond acceptors (Lipinski definition) is 6. The van der Waals surface area contributed by atoms with Gasteiger partial charge in [-0.15, -0.1) is 0 Å². The van der Waals surface area contributed by atoms with E-state index in [-0.39, 0.29) is 0 Å². The van der Waals surface area contributed by atoms with Gasteiger partial charge < -0.3 is 9.42 Å². The maximum absolute atomic E-state index is 5.60. The smallest absolute Gasteiger partial charge is 0.314 e. The Kier molecular flexibility index (Phi) is 3.01. The molecule has 0 spiro atoms. The molecule has 1 aromatic heterocycles. The minimum Gasteiger partial charge on any atom is -0.314 e. The molecule has 0 unspecified atom stereocenters. The average molecular weight is 171 g/mol. The van der Waals surface area contributed by atoms with Gasteiger partial charge in [0, 0.05) is 6.54 Å². The van der Waals surface area contributed by atoms with Crippen LogP contribution in [0.5, 0.6) is 0 Å². The standard InChI is InChI=1S/C6H13N5O/c1-10(2)3-4-11(7)6-8-5-9-12-6/h5H,3-4,7H2,1-2H3. The highest BCUT2D eigenvalue weighted by molar-refractivity contribution is 5.18. The van der Waals surface area contributed by atoms with Crippen LogP contribution in [0.2, 0.25) is 0 Å². The predicted molar refractivity (Wildman–Crippen MR) is 44.4 cm³/mol. The van der Waals surface area contributed by atoms with Crippen molar-refractivity contribution in [3.8, 4) is 0 Å². The summed E-state index contributed by atoms with van der Waals surface area (Å²) in [6.07, 6.45) is 1.32. The zero-order valence-electron chi connectivity index (χ0n) is 7.27. The summed E-state index contributed by atoms with van der Waals surface area (Å²) in [5.74, 6) is 5.60. The molecule has 1 rings (SSSR count). The molecule has 0 aromatic carbocycles. The van der Waals surface area contributed by atoms with E-state index < -0.39 is 0 Å². The second-order valence-electron chi connectivity index (χ2n) is 2.72. The molecule has 0 bridgehead atoms. The molecule has 6 heteroatoms. The van der Waals surface area contributed by atoms with Crippen LogP contribution in [0.4, 0.5) is 6.01 Å². The van der Waals surface area contributed by atoms with Crippen LogP contribution in [-0.4, -0.2) is 42.2 Å². The van der Waals surface area contributed by atoms with Gasteiger partial charge in [-0.1, -0.05) is 5.16 Å². The Morgan fingerprint density at radius 2 is 2.25 bits per heavy atom. The average Bonchev–Trinajstić information content (AvgIpc) is 2.51. The van der Waals surface area contributed by atoms with E-state index in [1.165, 1.54) is 11.3 Å². The van der Waals surface area contributed by atoms with E-state index in [0.717, 1.165) is 6.54 Å². The molecule has 6 nitrogen and oxygen atoms in total. The van der Waals surface area contributed by atoms with Crippen molar-refractivity contribution >= 4 is 6.01 Å². The number of hydrogen-bond donors (Lipinski definition) is 1. The lowest BCUT2D eigenvalue weighted by Gasteiger charge is -2.15. The first-order valence-corrected chi connectivity index (χ1v) is 3.64. The van der Waals surface area contributed by atoms with Gasteiger partial charge >= 0.3 is 6.01 Å². The van der Waals surface area contributed by atoms with Gasteiger partial charge in [0.05, 0.1) is 6.54 Å². The fourth-order valence-electron chi connectivity index (χ4n) is 0.697. The highest BCUT2D eigenvalue weighted by Crippen LogP contribution is 2.01. The Hall–Kier alpha value is -1.14. The monoisotopic (exact) mass is 171 g/mol. The summed E-state index contributed by atoms with van der Waals surface area (Å²) < 4.78 is 4.75. The molecule has 1 heterocycles. The summed E-state index contributed by atoms with van der Waals surface area (Å²) >= 11 is 0. The SMILES string of the molecule is CN(C)CCN(N)c1ncno1. The van der Waals surface area contributed by atoms with Crippen LogP contribution in [0, 0.1) is 0 Å². The molecule has 1 aromatic rings. The molecule has 0 saturated carbocycles. The van der Waals surface area contributed by atoms with Gasteiger partial charge in [0.1, 0.15) is 0 Å². The largest absolute Gasteiger partial charge is 0.337 e. The van der Waals surface area contributed by atoms with Crippen molar-refractivity contribution in [3.05, 3.63) is 6.33 Å². The van der Waals surface area contributed by atoms with Gasteiger partial charge in [-0.3, -0.25) is 5.01 Å². The number of aromatic nitrogens is 2. The van der Waals surface area contributed by atoms with Crippen LogP contribution in [0.15, 0.2) is 10.9 Å². The fourth-order valence-corrected chi connectivity index (χ4v) is 0.697. The lowest BCUT2D eigenvalue weighted by molar-refractivity contribution is 0.386. The lowest BCUT2D eigenvalue weighted by Crippen LogP contribution is -2.37. The van der Waals surface area contributed by atoms with E-state index in [9.17, 15) is 0 Å². The van der Waals surface area contributed by atoms with Crippen molar-refractivity contribution in [1.29, 1.82) is 0 Å². The first-order valence-electron chi connectivity index (χ1n) is 3.64. The van der Waals surface area contributed by atoms with Crippen LogP contribution in [0.1, 0.15) is 0 Å². The lowest BCUT2D eigenvalue weighted by atomic mass is 10.6. The third-order valence-corrected chi connectivity index (χ3v) is 1.38. The molecule has 0 amide bonds. The van der Waals surface area contributed by atoms with E-state index in [1.54, 1.807) is 0 Å². The molecule has 0 radical (unpaired) electrons. The number of nitrogens with zero attached hydrogens (tertiary/aromatic N) is 4. The van der Waals surface area contributed by atoms with Crippen LogP contribution < -0.4 is 10.9 Å². The van der Waals surface area contributed by atoms with Crippen molar-refractivity contribution in [2.45, 2.75) is 0 Å². The Morgan fingerprint density at radius 1 is 1.50 bits per heavy atom. The highest BCUT2D eigenvalue weighted by atomic mass is 16.5. The second kappa shape index (κ2) is 4.03. The Morgan fingerprint density at radius 3 is 2.75 bits per heavy atom. The Labute approximate surface area is 70.9 Å². The highest BCUT2D eigenvalue weighted by Gasteiger charge is 2.06. The molecule has 0 aliphatic heterocycles. The molecule has 0 aliphatic carbocycles. The zero-order valence-corrected chi connectivity index (χ0v) is 7.27. The fraction of sp³-hybridized carbons (Fsp3) is 0.667. The maximum Gasteiger partial charge on any atom is 0.337 e. The van der Waals surface area contributed by atoms with Crippen molar-refractivity contribution < 1.29 is 4.52 Å². The van der Waals surface area contributed by atoms with Crippen molar-refractivity contribution in [2.24, 2.45) is 5.84 Å². The minimum atomic E-state index is 0.344. The molecular weight excluding hydrogens is 158 g/mol. The number of anilines is 1. The number of hydrazine groups is 1. The quantitative estimate of drug-likeness (QED) is 0.477. The Bertz CT molecular complexity index is 210. The number of nitrogens with two attached hydrogens (primary N) is 1. The van der Waals surface area contributed by atoms with Gasteiger partial charge in [-0.2, -0.15) is 4.98 Å². The van der Waals surface area contributed by atoms with Crippen LogP contribution in [0.3, 0.4) is 0 Å². The predicted octanol–water partition coefficient (Wildman–Crippen LogP) is -0.689. The Balaban J connectivity index is 2.34. The summed E-state index contributed by atoms with van der Waals surface area (Å²) in [4.78, 5) is 5.82. The van der Waals surface area contributed by atoms with Crippen LogP contribution >= 0.6 is 0 Å². The van der Waals surface area contributed by atoms with Crippen molar-refractivity contribution in [2.75, 3.05) is 32.2 Å². The number of likely N-dealkylation sites (N-methyl/N-ethyl adjacent to an activating group) is 1. The minimum absolute atomic E-state index is 0.344. The van der Waals surface area contributed by atoms with Gasteiger partial charge in [-0.25, -0.2) is 5.84 Å².